The SMILES string of the molecule is CCOc1cc2nc(Cl)nc(N3CCC(n4c(=O)c5c(C)cccc5n(C)c4=O)CC3)c2cc1OCC. The van der Waals surface area contributed by atoms with Gasteiger partial charge in [0.15, 0.2) is 11.5 Å². The monoisotopic (exact) mass is 523 g/mol. The normalized spacial score (nSPS) is 14.5. The summed E-state index contributed by atoms with van der Waals surface area (Å²) in [4.78, 5) is 37.8. The fourth-order valence-electron chi connectivity index (χ4n) is 5.21. The number of ether oxygens (including phenoxy) is 2. The maximum absolute atomic E-state index is 13.4. The second-order valence-corrected chi connectivity index (χ2v) is 9.54. The molecule has 0 amide bonds. The molecule has 194 valence electrons. The van der Waals surface area contributed by atoms with E-state index in [1.54, 1.807) is 11.6 Å². The van der Waals surface area contributed by atoms with Gasteiger partial charge in [-0.3, -0.25) is 13.9 Å². The summed E-state index contributed by atoms with van der Waals surface area (Å²) in [5, 5.41) is 1.55. The molecule has 37 heavy (non-hydrogen) atoms. The van der Waals surface area contributed by atoms with Gasteiger partial charge in [0.2, 0.25) is 5.28 Å². The quantitative estimate of drug-likeness (QED) is 0.349. The van der Waals surface area contributed by atoms with Crippen molar-refractivity contribution in [2.24, 2.45) is 7.05 Å². The third kappa shape index (κ3) is 4.41. The number of benzene rings is 2. The molecule has 0 spiro atoms. The first kappa shape index (κ1) is 25.1. The molecule has 9 nitrogen and oxygen atoms in total. The summed E-state index contributed by atoms with van der Waals surface area (Å²) in [6.45, 7) is 7.94. The van der Waals surface area contributed by atoms with Gasteiger partial charge in [-0.1, -0.05) is 12.1 Å². The molecule has 0 radical (unpaired) electrons. The van der Waals surface area contributed by atoms with E-state index in [1.165, 1.54) is 4.57 Å². The van der Waals surface area contributed by atoms with E-state index in [9.17, 15) is 9.59 Å². The number of hydrogen-bond acceptors (Lipinski definition) is 7. The molecule has 10 heteroatoms. The maximum Gasteiger partial charge on any atom is 0.331 e. The summed E-state index contributed by atoms with van der Waals surface area (Å²) in [6.07, 6.45) is 1.23. The predicted octanol–water partition coefficient (Wildman–Crippen LogP) is 4.24. The molecule has 0 bridgehead atoms. The molecule has 4 aromatic rings. The number of hydrogen-bond donors (Lipinski definition) is 0. The van der Waals surface area contributed by atoms with Gasteiger partial charge in [0, 0.05) is 37.6 Å². The second kappa shape index (κ2) is 10.0. The lowest BCUT2D eigenvalue weighted by Gasteiger charge is -2.34. The van der Waals surface area contributed by atoms with Crippen LogP contribution < -0.4 is 25.6 Å². The molecule has 1 aliphatic heterocycles. The largest absolute Gasteiger partial charge is 0.490 e. The lowest BCUT2D eigenvalue weighted by molar-refractivity contribution is 0.288. The third-order valence-corrected chi connectivity index (χ3v) is 7.15. The second-order valence-electron chi connectivity index (χ2n) is 9.20. The van der Waals surface area contributed by atoms with Crippen LogP contribution in [0.15, 0.2) is 39.9 Å². The standard InChI is InChI=1S/C27H30ClN5O4/c1-5-36-21-14-18-19(15-22(21)37-6-2)29-26(28)30-24(18)32-12-10-17(11-13-32)33-25(34)23-16(3)8-7-9-20(23)31(4)27(33)35/h7-9,14-15,17H,5-6,10-13H2,1-4H3. The molecule has 0 unspecified atom stereocenters. The van der Waals surface area contributed by atoms with E-state index in [1.807, 2.05) is 51.1 Å². The van der Waals surface area contributed by atoms with Crippen molar-refractivity contribution in [3.63, 3.8) is 0 Å². The number of anilines is 1. The Morgan fingerprint density at radius 2 is 1.70 bits per heavy atom. The van der Waals surface area contributed by atoms with Gasteiger partial charge in [0.05, 0.1) is 29.6 Å². The summed E-state index contributed by atoms with van der Waals surface area (Å²) >= 11 is 6.32. The number of halogens is 1. The van der Waals surface area contributed by atoms with Crippen LogP contribution in [0.2, 0.25) is 5.28 Å². The Labute approximate surface area is 219 Å². The van der Waals surface area contributed by atoms with Crippen molar-refractivity contribution in [1.82, 2.24) is 19.1 Å². The van der Waals surface area contributed by atoms with Crippen LogP contribution in [0.4, 0.5) is 5.82 Å². The highest BCUT2D eigenvalue weighted by Crippen LogP contribution is 2.37. The Hall–Kier alpha value is -3.59. The number of aryl methyl sites for hydroxylation is 2. The van der Waals surface area contributed by atoms with Crippen molar-refractivity contribution in [3.05, 3.63) is 62.0 Å². The highest BCUT2D eigenvalue weighted by atomic mass is 35.5. The van der Waals surface area contributed by atoms with Gasteiger partial charge in [-0.05, 0) is 62.9 Å². The zero-order chi connectivity index (χ0) is 26.3. The highest BCUT2D eigenvalue weighted by Gasteiger charge is 2.27. The van der Waals surface area contributed by atoms with Gasteiger partial charge in [-0.2, -0.15) is 4.98 Å². The first-order chi connectivity index (χ1) is 17.8. The predicted molar refractivity (Wildman–Crippen MR) is 146 cm³/mol. The first-order valence-electron chi connectivity index (χ1n) is 12.6. The molecular formula is C27H30ClN5O4. The first-order valence-corrected chi connectivity index (χ1v) is 12.9. The van der Waals surface area contributed by atoms with Crippen LogP contribution in [0, 0.1) is 6.92 Å². The number of fused-ring (bicyclic) bond motifs is 2. The summed E-state index contributed by atoms with van der Waals surface area (Å²) in [7, 11) is 1.72. The van der Waals surface area contributed by atoms with Crippen LogP contribution in [-0.2, 0) is 7.05 Å². The number of aromatic nitrogens is 4. The molecule has 0 N–H and O–H groups in total. The molecule has 5 rings (SSSR count). The summed E-state index contributed by atoms with van der Waals surface area (Å²) < 4.78 is 14.6. The van der Waals surface area contributed by atoms with Crippen molar-refractivity contribution < 1.29 is 9.47 Å². The highest BCUT2D eigenvalue weighted by molar-refractivity contribution is 6.28. The van der Waals surface area contributed by atoms with Crippen molar-refractivity contribution in [1.29, 1.82) is 0 Å². The van der Waals surface area contributed by atoms with E-state index < -0.39 is 0 Å². The zero-order valence-corrected chi connectivity index (χ0v) is 22.2. The minimum absolute atomic E-state index is 0.145. The summed E-state index contributed by atoms with van der Waals surface area (Å²) in [5.74, 6) is 1.94. The molecule has 0 aliphatic carbocycles. The Balaban J connectivity index is 1.50. The van der Waals surface area contributed by atoms with E-state index in [0.717, 1.165) is 10.9 Å². The molecule has 1 fully saturated rings. The van der Waals surface area contributed by atoms with Crippen molar-refractivity contribution in [2.45, 2.75) is 39.7 Å². The Morgan fingerprint density at radius 1 is 1.03 bits per heavy atom. The Morgan fingerprint density at radius 3 is 2.38 bits per heavy atom. The lowest BCUT2D eigenvalue weighted by Crippen LogP contribution is -2.45. The molecule has 2 aromatic heterocycles. The van der Waals surface area contributed by atoms with Gasteiger partial charge in [-0.15, -0.1) is 0 Å². The fraction of sp³-hybridized carbons (Fsp3) is 0.407. The van der Waals surface area contributed by atoms with Gasteiger partial charge in [-0.25, -0.2) is 9.78 Å². The number of nitrogens with zero attached hydrogens (tertiary/aromatic N) is 5. The summed E-state index contributed by atoms with van der Waals surface area (Å²) in [6, 6.07) is 9.10. The van der Waals surface area contributed by atoms with Gasteiger partial charge in [0.1, 0.15) is 5.82 Å². The number of rotatable bonds is 6. The minimum atomic E-state index is -0.290. The number of piperidine rings is 1. The van der Waals surface area contributed by atoms with Crippen LogP contribution in [0.25, 0.3) is 21.8 Å². The van der Waals surface area contributed by atoms with Gasteiger partial charge >= 0.3 is 5.69 Å². The minimum Gasteiger partial charge on any atom is -0.490 e. The maximum atomic E-state index is 13.4. The van der Waals surface area contributed by atoms with Crippen LogP contribution in [0.5, 0.6) is 11.5 Å². The van der Waals surface area contributed by atoms with Gasteiger partial charge in [0.25, 0.3) is 5.56 Å². The van der Waals surface area contributed by atoms with Crippen LogP contribution in [0.1, 0.15) is 38.3 Å². The Kier molecular flexibility index (Phi) is 6.81. The van der Waals surface area contributed by atoms with E-state index in [4.69, 9.17) is 21.1 Å². The van der Waals surface area contributed by atoms with Crippen molar-refractivity contribution in [3.8, 4) is 11.5 Å². The average molecular weight is 524 g/mol. The molecule has 1 aliphatic rings. The molecule has 0 saturated carbocycles. The van der Waals surface area contributed by atoms with Gasteiger partial charge < -0.3 is 14.4 Å². The van der Waals surface area contributed by atoms with Crippen LogP contribution in [0.3, 0.4) is 0 Å². The third-order valence-electron chi connectivity index (χ3n) is 6.98. The average Bonchev–Trinajstić information content (AvgIpc) is 2.88. The topological polar surface area (TPSA) is 91.5 Å². The Bertz CT molecular complexity index is 1610. The smallest absolute Gasteiger partial charge is 0.331 e. The van der Waals surface area contributed by atoms with E-state index in [2.05, 4.69) is 14.9 Å². The van der Waals surface area contributed by atoms with Crippen LogP contribution >= 0.6 is 11.6 Å². The molecule has 1 saturated heterocycles. The zero-order valence-electron chi connectivity index (χ0n) is 21.5. The van der Waals surface area contributed by atoms with Crippen molar-refractivity contribution in [2.75, 3.05) is 31.2 Å². The molecular weight excluding hydrogens is 494 g/mol. The molecule has 0 atom stereocenters. The fourth-order valence-corrected chi connectivity index (χ4v) is 5.38. The van der Waals surface area contributed by atoms with E-state index >= 15 is 0 Å². The van der Waals surface area contributed by atoms with E-state index in [-0.39, 0.29) is 22.6 Å². The lowest BCUT2D eigenvalue weighted by atomic mass is 10.0. The van der Waals surface area contributed by atoms with Crippen molar-refractivity contribution >= 4 is 39.2 Å². The van der Waals surface area contributed by atoms with E-state index in [0.29, 0.717) is 72.9 Å². The summed E-state index contributed by atoms with van der Waals surface area (Å²) in [5.41, 5.74) is 1.67. The molecule has 2 aromatic carbocycles. The van der Waals surface area contributed by atoms with Crippen LogP contribution in [-0.4, -0.2) is 45.4 Å². The molecule has 3 heterocycles.